The molecule has 0 amide bonds. The van der Waals surface area contributed by atoms with Gasteiger partial charge in [0.2, 0.25) is 5.88 Å². The van der Waals surface area contributed by atoms with Crippen LogP contribution in [-0.4, -0.2) is 19.7 Å². The molecule has 0 atom stereocenters. The zero-order chi connectivity index (χ0) is 17.4. The van der Waals surface area contributed by atoms with E-state index < -0.39 is 0 Å². The second-order valence-electron chi connectivity index (χ2n) is 5.73. The van der Waals surface area contributed by atoms with Crippen LogP contribution >= 0.6 is 11.6 Å². The van der Waals surface area contributed by atoms with E-state index in [4.69, 9.17) is 22.1 Å². The van der Waals surface area contributed by atoms with Gasteiger partial charge in [0, 0.05) is 10.7 Å². The van der Waals surface area contributed by atoms with E-state index in [-0.39, 0.29) is 5.88 Å². The minimum absolute atomic E-state index is 0.286. The number of hydrogen-bond acceptors (Lipinski definition) is 5. The van der Waals surface area contributed by atoms with Crippen molar-refractivity contribution in [1.29, 1.82) is 0 Å². The van der Waals surface area contributed by atoms with Crippen LogP contribution in [0.15, 0.2) is 24.5 Å². The van der Waals surface area contributed by atoms with Crippen LogP contribution < -0.4 is 10.5 Å². The lowest BCUT2D eigenvalue weighted by molar-refractivity contribution is 0.462. The molecule has 2 N–H and O–H groups in total. The lowest BCUT2D eigenvalue weighted by atomic mass is 10.1. The number of rotatable bonds is 3. The number of hydrogen-bond donors (Lipinski definition) is 1. The molecule has 0 saturated carbocycles. The van der Waals surface area contributed by atoms with E-state index in [0.29, 0.717) is 17.3 Å². The van der Waals surface area contributed by atoms with Gasteiger partial charge in [-0.3, -0.25) is 0 Å². The first kappa shape index (κ1) is 16.3. The summed E-state index contributed by atoms with van der Waals surface area (Å²) in [5, 5.41) is 5.13. The van der Waals surface area contributed by atoms with Crippen molar-refractivity contribution >= 4 is 17.3 Å². The molecule has 7 heteroatoms. The predicted molar refractivity (Wildman–Crippen MR) is 94.0 cm³/mol. The van der Waals surface area contributed by atoms with Gasteiger partial charge < -0.3 is 10.5 Å². The Labute approximate surface area is 145 Å². The van der Waals surface area contributed by atoms with Crippen LogP contribution in [0, 0.1) is 27.7 Å². The normalized spacial score (nSPS) is 10.9. The highest BCUT2D eigenvalue weighted by Crippen LogP contribution is 2.32. The molecule has 3 aromatic rings. The third-order valence-corrected chi connectivity index (χ3v) is 4.26. The van der Waals surface area contributed by atoms with Gasteiger partial charge in [-0.05, 0) is 57.0 Å². The highest BCUT2D eigenvalue weighted by molar-refractivity contribution is 6.32. The van der Waals surface area contributed by atoms with Crippen molar-refractivity contribution in [2.45, 2.75) is 27.7 Å². The fourth-order valence-corrected chi connectivity index (χ4v) is 2.65. The van der Waals surface area contributed by atoms with E-state index in [1.165, 1.54) is 6.33 Å². The molecule has 124 valence electrons. The van der Waals surface area contributed by atoms with E-state index in [9.17, 15) is 0 Å². The molecule has 1 aromatic carbocycles. The first-order valence-corrected chi connectivity index (χ1v) is 7.83. The molecule has 0 saturated heterocycles. The Bertz CT molecular complexity index is 896. The third kappa shape index (κ3) is 2.92. The molecule has 0 radical (unpaired) electrons. The highest BCUT2D eigenvalue weighted by atomic mass is 35.5. The van der Waals surface area contributed by atoms with Crippen LogP contribution in [0.25, 0.3) is 5.82 Å². The maximum atomic E-state index is 6.21. The Balaban J connectivity index is 2.01. The number of aromatic nitrogens is 4. The van der Waals surface area contributed by atoms with Gasteiger partial charge in [0.15, 0.2) is 5.82 Å². The Morgan fingerprint density at radius 2 is 1.71 bits per heavy atom. The molecule has 0 aliphatic carbocycles. The summed E-state index contributed by atoms with van der Waals surface area (Å²) in [7, 11) is 0. The quantitative estimate of drug-likeness (QED) is 0.779. The predicted octanol–water partition coefficient (Wildman–Crippen LogP) is 3.92. The minimum atomic E-state index is 0.286. The number of ether oxygens (including phenoxy) is 1. The van der Waals surface area contributed by atoms with Crippen molar-refractivity contribution in [3.63, 3.8) is 0 Å². The molecule has 6 nitrogen and oxygen atoms in total. The van der Waals surface area contributed by atoms with E-state index >= 15 is 0 Å². The summed E-state index contributed by atoms with van der Waals surface area (Å²) >= 11 is 6.19. The van der Waals surface area contributed by atoms with Crippen molar-refractivity contribution in [2.24, 2.45) is 0 Å². The summed E-state index contributed by atoms with van der Waals surface area (Å²) in [4.78, 5) is 8.38. The molecule has 2 heterocycles. The van der Waals surface area contributed by atoms with Crippen molar-refractivity contribution in [1.82, 2.24) is 19.7 Å². The number of halogens is 1. The Kier molecular flexibility index (Phi) is 4.15. The third-order valence-electron chi connectivity index (χ3n) is 3.66. The van der Waals surface area contributed by atoms with Gasteiger partial charge in [0.25, 0.3) is 0 Å². The highest BCUT2D eigenvalue weighted by Gasteiger charge is 2.15. The first-order valence-electron chi connectivity index (χ1n) is 7.45. The zero-order valence-corrected chi connectivity index (χ0v) is 14.7. The number of nitrogens with two attached hydrogens (primary N) is 1. The first-order chi connectivity index (χ1) is 11.4. The maximum Gasteiger partial charge on any atom is 0.248 e. The van der Waals surface area contributed by atoms with Gasteiger partial charge >= 0.3 is 0 Å². The van der Waals surface area contributed by atoms with Crippen molar-refractivity contribution < 1.29 is 4.74 Å². The van der Waals surface area contributed by atoms with Crippen LogP contribution in [-0.2, 0) is 0 Å². The van der Waals surface area contributed by atoms with Crippen molar-refractivity contribution in [2.75, 3.05) is 5.73 Å². The fraction of sp³-hybridized carbons (Fsp3) is 0.235. The molecule has 3 rings (SSSR count). The van der Waals surface area contributed by atoms with Gasteiger partial charge in [-0.1, -0.05) is 11.6 Å². The molecule has 0 aliphatic heterocycles. The summed E-state index contributed by atoms with van der Waals surface area (Å²) in [6, 6.07) is 5.65. The standard InChI is InChI=1S/C17H18ClN5O/c1-9-5-13(6-10(2)14(9)18)24-17-15(19)16(20-8-21-17)23-12(4)7-11(3)22-23/h5-8H,19H2,1-4H3. The second kappa shape index (κ2) is 6.13. The number of benzene rings is 1. The molecule has 0 fully saturated rings. The summed E-state index contributed by atoms with van der Waals surface area (Å²) in [6.07, 6.45) is 1.41. The van der Waals surface area contributed by atoms with E-state index in [2.05, 4.69) is 15.1 Å². The largest absolute Gasteiger partial charge is 0.437 e. The lowest BCUT2D eigenvalue weighted by Gasteiger charge is -2.12. The summed E-state index contributed by atoms with van der Waals surface area (Å²) < 4.78 is 7.54. The summed E-state index contributed by atoms with van der Waals surface area (Å²) in [5.41, 5.74) is 10.2. The van der Waals surface area contributed by atoms with Crippen molar-refractivity contribution in [3.8, 4) is 17.4 Å². The molecule has 2 aromatic heterocycles. The second-order valence-corrected chi connectivity index (χ2v) is 6.11. The number of nitrogen functional groups attached to an aromatic ring is 1. The fourth-order valence-electron chi connectivity index (χ4n) is 2.54. The molecule has 0 aliphatic rings. The Morgan fingerprint density at radius 1 is 1.04 bits per heavy atom. The van der Waals surface area contributed by atoms with Gasteiger partial charge in [0.1, 0.15) is 17.8 Å². The SMILES string of the molecule is Cc1cc(C)n(-c2ncnc(Oc3cc(C)c(Cl)c(C)c3)c2N)n1. The smallest absolute Gasteiger partial charge is 0.248 e. The van der Waals surface area contributed by atoms with E-state index in [1.54, 1.807) is 4.68 Å². The molecule has 0 unspecified atom stereocenters. The monoisotopic (exact) mass is 343 g/mol. The minimum Gasteiger partial charge on any atom is -0.437 e. The van der Waals surface area contributed by atoms with Crippen LogP contribution in [0.2, 0.25) is 5.02 Å². The summed E-state index contributed by atoms with van der Waals surface area (Å²) in [6.45, 7) is 7.70. The van der Waals surface area contributed by atoms with Crippen LogP contribution in [0.1, 0.15) is 22.5 Å². The molecular weight excluding hydrogens is 326 g/mol. The average Bonchev–Trinajstić information content (AvgIpc) is 2.85. The van der Waals surface area contributed by atoms with Crippen LogP contribution in [0.3, 0.4) is 0 Å². The van der Waals surface area contributed by atoms with Gasteiger partial charge in [0.05, 0.1) is 5.69 Å². The zero-order valence-electron chi connectivity index (χ0n) is 14.0. The Hall–Kier alpha value is -2.60. The van der Waals surface area contributed by atoms with E-state index in [1.807, 2.05) is 45.9 Å². The van der Waals surface area contributed by atoms with Crippen LogP contribution in [0.4, 0.5) is 5.69 Å². The van der Waals surface area contributed by atoms with Gasteiger partial charge in [-0.15, -0.1) is 0 Å². The Morgan fingerprint density at radius 3 is 2.29 bits per heavy atom. The molecular formula is C17H18ClN5O. The summed E-state index contributed by atoms with van der Waals surface area (Å²) in [5.74, 6) is 1.40. The number of aryl methyl sites for hydroxylation is 4. The van der Waals surface area contributed by atoms with Crippen LogP contribution in [0.5, 0.6) is 11.6 Å². The van der Waals surface area contributed by atoms with Crippen molar-refractivity contribution in [3.05, 3.63) is 52.1 Å². The topological polar surface area (TPSA) is 78.8 Å². The molecule has 0 bridgehead atoms. The lowest BCUT2D eigenvalue weighted by Crippen LogP contribution is -2.08. The van der Waals surface area contributed by atoms with Gasteiger partial charge in [-0.2, -0.15) is 10.1 Å². The van der Waals surface area contributed by atoms with E-state index in [0.717, 1.165) is 27.5 Å². The number of nitrogens with zero attached hydrogens (tertiary/aromatic N) is 4. The number of anilines is 1. The average molecular weight is 344 g/mol. The maximum absolute atomic E-state index is 6.21. The molecule has 0 spiro atoms. The van der Waals surface area contributed by atoms with Gasteiger partial charge in [-0.25, -0.2) is 9.67 Å². The molecule has 24 heavy (non-hydrogen) atoms.